The van der Waals surface area contributed by atoms with E-state index in [1.54, 1.807) is 17.0 Å². The number of carbonyl (C=O) groups excluding carboxylic acids is 1. The Balaban J connectivity index is 1.32. The fraction of sp³-hybridized carbons (Fsp3) is 0.560. The number of H-pyrrole nitrogens is 1. The minimum Gasteiger partial charge on any atom is -0.332 e. The van der Waals surface area contributed by atoms with Crippen molar-refractivity contribution in [2.75, 3.05) is 19.6 Å². The van der Waals surface area contributed by atoms with Gasteiger partial charge in [0.2, 0.25) is 0 Å². The van der Waals surface area contributed by atoms with Crippen LogP contribution in [-0.2, 0) is 13.0 Å². The lowest BCUT2D eigenvalue weighted by molar-refractivity contribution is 0.0726. The van der Waals surface area contributed by atoms with Gasteiger partial charge in [0, 0.05) is 30.6 Å². The Morgan fingerprint density at radius 1 is 1.12 bits per heavy atom. The second-order valence-corrected chi connectivity index (χ2v) is 9.73. The van der Waals surface area contributed by atoms with Crippen LogP contribution in [0.15, 0.2) is 29.1 Å². The molecule has 3 aliphatic rings. The van der Waals surface area contributed by atoms with Crippen LogP contribution in [-0.4, -0.2) is 51.4 Å². The van der Waals surface area contributed by atoms with Gasteiger partial charge in [-0.2, -0.15) is 0 Å². The van der Waals surface area contributed by atoms with Crippen molar-refractivity contribution < 1.29 is 9.18 Å². The van der Waals surface area contributed by atoms with Crippen molar-refractivity contribution in [1.29, 1.82) is 0 Å². The van der Waals surface area contributed by atoms with E-state index in [1.807, 2.05) is 0 Å². The second-order valence-electron chi connectivity index (χ2n) is 9.73. The Labute approximate surface area is 187 Å². The van der Waals surface area contributed by atoms with Crippen molar-refractivity contribution in [2.24, 2.45) is 5.92 Å². The number of fused-ring (bicyclic) bond motifs is 1. The van der Waals surface area contributed by atoms with Gasteiger partial charge in [0.1, 0.15) is 11.6 Å². The van der Waals surface area contributed by atoms with Gasteiger partial charge in [0.15, 0.2) is 0 Å². The van der Waals surface area contributed by atoms with Crippen molar-refractivity contribution in [3.05, 3.63) is 63.1 Å². The molecule has 0 radical (unpaired) electrons. The first kappa shape index (κ1) is 21.3. The van der Waals surface area contributed by atoms with Crippen molar-refractivity contribution >= 4 is 5.91 Å². The Bertz CT molecular complexity index is 1060. The van der Waals surface area contributed by atoms with E-state index in [1.165, 1.54) is 37.8 Å². The summed E-state index contributed by atoms with van der Waals surface area (Å²) in [6.45, 7) is 4.95. The van der Waals surface area contributed by atoms with Gasteiger partial charge in [0.05, 0.1) is 17.8 Å². The molecule has 7 heteroatoms. The molecule has 0 bridgehead atoms. The van der Waals surface area contributed by atoms with E-state index in [2.05, 4.69) is 16.8 Å². The number of nitrogens with one attached hydrogen (secondary N) is 1. The maximum atomic E-state index is 14.1. The number of rotatable bonds is 3. The molecule has 2 fully saturated rings. The SMILES string of the molecule is CC1CCC(N2CC[C@@H](c3nc4c(c(=O)[nH]3)CCN(C(=O)c3ccccc3F)C4)C2)CC1. The first-order valence-corrected chi connectivity index (χ1v) is 11.9. The van der Waals surface area contributed by atoms with Gasteiger partial charge >= 0.3 is 0 Å². The molecule has 0 spiro atoms. The molecule has 2 aromatic rings. The van der Waals surface area contributed by atoms with Crippen LogP contribution < -0.4 is 5.56 Å². The zero-order valence-electron chi connectivity index (χ0n) is 18.6. The quantitative estimate of drug-likeness (QED) is 0.797. The molecule has 1 saturated heterocycles. The van der Waals surface area contributed by atoms with E-state index >= 15 is 0 Å². The molecule has 5 rings (SSSR count). The lowest BCUT2D eigenvalue weighted by Crippen LogP contribution is -2.40. The first-order valence-electron chi connectivity index (χ1n) is 11.9. The third kappa shape index (κ3) is 4.10. The summed E-state index contributed by atoms with van der Waals surface area (Å²) in [4.78, 5) is 37.7. The van der Waals surface area contributed by atoms with E-state index in [9.17, 15) is 14.0 Å². The summed E-state index contributed by atoms with van der Waals surface area (Å²) in [6.07, 6.45) is 6.54. The van der Waals surface area contributed by atoms with Gasteiger partial charge in [-0.25, -0.2) is 9.37 Å². The highest BCUT2D eigenvalue weighted by atomic mass is 19.1. The number of carbonyl (C=O) groups is 1. The maximum absolute atomic E-state index is 14.1. The maximum Gasteiger partial charge on any atom is 0.257 e. The molecule has 0 unspecified atom stereocenters. The fourth-order valence-corrected chi connectivity index (χ4v) is 5.58. The summed E-state index contributed by atoms with van der Waals surface area (Å²) in [5.41, 5.74) is 1.29. The van der Waals surface area contributed by atoms with Crippen molar-refractivity contribution in [2.45, 2.75) is 64.0 Å². The number of hydrogen-bond donors (Lipinski definition) is 1. The van der Waals surface area contributed by atoms with Crippen LogP contribution in [0.5, 0.6) is 0 Å². The topological polar surface area (TPSA) is 69.3 Å². The fourth-order valence-electron chi connectivity index (χ4n) is 5.58. The summed E-state index contributed by atoms with van der Waals surface area (Å²) >= 11 is 0. The summed E-state index contributed by atoms with van der Waals surface area (Å²) < 4.78 is 14.1. The number of halogens is 1. The number of nitrogens with zero attached hydrogens (tertiary/aromatic N) is 3. The van der Waals surface area contributed by atoms with Crippen LogP contribution in [0.1, 0.15) is 72.4 Å². The lowest BCUT2D eigenvalue weighted by atomic mass is 9.87. The minimum absolute atomic E-state index is 0.0641. The highest BCUT2D eigenvalue weighted by Crippen LogP contribution is 2.33. The van der Waals surface area contributed by atoms with Crippen molar-refractivity contribution in [3.8, 4) is 0 Å². The van der Waals surface area contributed by atoms with Gasteiger partial charge in [-0.15, -0.1) is 0 Å². The summed E-state index contributed by atoms with van der Waals surface area (Å²) in [6, 6.07) is 6.68. The Hall–Kier alpha value is -2.54. The Morgan fingerprint density at radius 2 is 1.91 bits per heavy atom. The molecule has 1 aromatic heterocycles. The van der Waals surface area contributed by atoms with E-state index < -0.39 is 5.82 Å². The van der Waals surface area contributed by atoms with Gasteiger partial charge in [-0.1, -0.05) is 19.1 Å². The number of benzene rings is 1. The molecular formula is C25H31FN4O2. The molecule has 2 aliphatic heterocycles. The van der Waals surface area contributed by atoms with E-state index in [0.29, 0.717) is 30.3 Å². The molecule has 6 nitrogen and oxygen atoms in total. The number of amides is 1. The van der Waals surface area contributed by atoms with Crippen LogP contribution >= 0.6 is 0 Å². The minimum atomic E-state index is -0.522. The highest BCUT2D eigenvalue weighted by Gasteiger charge is 2.33. The largest absolute Gasteiger partial charge is 0.332 e. The van der Waals surface area contributed by atoms with Crippen LogP contribution in [0.3, 0.4) is 0 Å². The zero-order valence-corrected chi connectivity index (χ0v) is 18.6. The molecule has 1 aromatic carbocycles. The molecule has 1 aliphatic carbocycles. The second kappa shape index (κ2) is 8.77. The molecule has 1 N–H and O–H groups in total. The van der Waals surface area contributed by atoms with Gasteiger partial charge < -0.3 is 9.88 Å². The van der Waals surface area contributed by atoms with Gasteiger partial charge in [-0.3, -0.25) is 14.5 Å². The number of aromatic nitrogens is 2. The predicted molar refractivity (Wildman–Crippen MR) is 120 cm³/mol. The average molecular weight is 439 g/mol. The normalized spacial score (nSPS) is 26.2. The first-order chi connectivity index (χ1) is 15.5. The smallest absolute Gasteiger partial charge is 0.257 e. The summed E-state index contributed by atoms with van der Waals surface area (Å²) in [7, 11) is 0. The van der Waals surface area contributed by atoms with E-state index in [4.69, 9.17) is 4.98 Å². The van der Waals surface area contributed by atoms with Crippen molar-refractivity contribution in [3.63, 3.8) is 0 Å². The number of likely N-dealkylation sites (tertiary alicyclic amines) is 1. The molecule has 1 saturated carbocycles. The molecule has 1 amide bonds. The third-order valence-corrected chi connectivity index (χ3v) is 7.59. The summed E-state index contributed by atoms with van der Waals surface area (Å²) in [5, 5.41) is 0. The standard InChI is InChI=1S/C25H31FN4O2/c1-16-6-8-18(9-7-16)29-12-10-17(14-29)23-27-22-15-30(13-11-20(22)24(31)28-23)25(32)19-4-2-3-5-21(19)26/h2-5,16-18H,6-15H2,1H3,(H,27,28,31)/t16?,17-,18?/m1/s1. The van der Waals surface area contributed by atoms with Crippen molar-refractivity contribution in [1.82, 2.24) is 19.8 Å². The van der Waals surface area contributed by atoms with Crippen LogP contribution in [0.25, 0.3) is 0 Å². The molecule has 32 heavy (non-hydrogen) atoms. The lowest BCUT2D eigenvalue weighted by Gasteiger charge is -2.33. The monoisotopic (exact) mass is 438 g/mol. The number of aromatic amines is 1. The molecular weight excluding hydrogens is 407 g/mol. The average Bonchev–Trinajstić information content (AvgIpc) is 3.29. The highest BCUT2D eigenvalue weighted by molar-refractivity contribution is 5.94. The third-order valence-electron chi connectivity index (χ3n) is 7.59. The van der Waals surface area contributed by atoms with Crippen LogP contribution in [0.4, 0.5) is 4.39 Å². The Kier molecular flexibility index (Phi) is 5.84. The summed E-state index contributed by atoms with van der Waals surface area (Å²) in [5.74, 6) is 0.908. The van der Waals surface area contributed by atoms with E-state index in [0.717, 1.165) is 31.3 Å². The zero-order chi connectivity index (χ0) is 22.2. The van der Waals surface area contributed by atoms with E-state index in [-0.39, 0.29) is 29.5 Å². The molecule has 1 atom stereocenters. The van der Waals surface area contributed by atoms with Crippen LogP contribution in [0.2, 0.25) is 0 Å². The predicted octanol–water partition coefficient (Wildman–Crippen LogP) is 3.48. The Morgan fingerprint density at radius 3 is 2.69 bits per heavy atom. The number of hydrogen-bond acceptors (Lipinski definition) is 4. The molecule has 3 heterocycles. The molecule has 170 valence electrons. The van der Waals surface area contributed by atoms with Gasteiger partial charge in [0.25, 0.3) is 11.5 Å². The van der Waals surface area contributed by atoms with Gasteiger partial charge in [-0.05, 0) is 63.1 Å². The van der Waals surface area contributed by atoms with Crippen LogP contribution in [0, 0.1) is 11.7 Å².